The van der Waals surface area contributed by atoms with Gasteiger partial charge in [-0.25, -0.2) is 0 Å². The Morgan fingerprint density at radius 1 is 1.07 bits per heavy atom. The van der Waals surface area contributed by atoms with Crippen molar-refractivity contribution in [1.82, 2.24) is 0 Å². The zero-order valence-electron chi connectivity index (χ0n) is 8.95. The molecular weight excluding hydrogens is 188 g/mol. The highest BCUT2D eigenvalue weighted by Crippen LogP contribution is 2.33. The first-order chi connectivity index (χ1) is 6.68. The lowest BCUT2D eigenvalue weighted by Crippen LogP contribution is -1.98. The van der Waals surface area contributed by atoms with Gasteiger partial charge in [-0.2, -0.15) is 0 Å². The fourth-order valence-corrected chi connectivity index (χ4v) is 2.84. The van der Waals surface area contributed by atoms with E-state index in [4.69, 9.17) is 0 Å². The summed E-state index contributed by atoms with van der Waals surface area (Å²) >= 11 is 1.93. The van der Waals surface area contributed by atoms with Crippen LogP contribution in [0.3, 0.4) is 0 Å². The summed E-state index contributed by atoms with van der Waals surface area (Å²) in [6, 6.07) is 11.0. The molecule has 0 saturated carbocycles. The largest absolute Gasteiger partial charge is 0.140 e. The molecule has 1 heteroatoms. The number of hydrogen-bond donors (Lipinski definition) is 0. The minimum absolute atomic E-state index is 0.674. The Bertz CT molecular complexity index is 392. The van der Waals surface area contributed by atoms with Crippen LogP contribution in [-0.4, -0.2) is 0 Å². The minimum atomic E-state index is 0.674. The predicted octanol–water partition coefficient (Wildman–Crippen LogP) is 4.66. The van der Waals surface area contributed by atoms with Gasteiger partial charge in [0.1, 0.15) is 0 Å². The van der Waals surface area contributed by atoms with Crippen molar-refractivity contribution in [1.29, 1.82) is 0 Å². The summed E-state index contributed by atoms with van der Waals surface area (Å²) in [5, 5.41) is 1.39. The average molecular weight is 204 g/mol. The van der Waals surface area contributed by atoms with E-state index in [0.717, 1.165) is 5.92 Å². The first-order valence-electron chi connectivity index (χ1n) is 5.17. The highest BCUT2D eigenvalue weighted by atomic mass is 32.1. The number of benzene rings is 1. The van der Waals surface area contributed by atoms with Crippen LogP contribution in [-0.2, 0) is 0 Å². The molecule has 0 fully saturated rings. The van der Waals surface area contributed by atoms with Crippen molar-refractivity contribution in [3.05, 3.63) is 35.2 Å². The molecule has 0 aliphatic carbocycles. The van der Waals surface area contributed by atoms with Gasteiger partial charge in [0.25, 0.3) is 0 Å². The van der Waals surface area contributed by atoms with Crippen molar-refractivity contribution in [2.24, 2.45) is 5.92 Å². The molecule has 1 heterocycles. The molecule has 14 heavy (non-hydrogen) atoms. The van der Waals surface area contributed by atoms with Crippen molar-refractivity contribution in [2.45, 2.75) is 26.7 Å². The van der Waals surface area contributed by atoms with E-state index in [0.29, 0.717) is 5.92 Å². The fraction of sp³-hybridized carbons (Fsp3) is 0.385. The molecule has 0 aliphatic heterocycles. The van der Waals surface area contributed by atoms with E-state index in [1.165, 1.54) is 15.0 Å². The van der Waals surface area contributed by atoms with Gasteiger partial charge in [-0.05, 0) is 29.4 Å². The molecule has 0 spiro atoms. The Morgan fingerprint density at radius 2 is 1.79 bits per heavy atom. The van der Waals surface area contributed by atoms with Crippen LogP contribution in [0.2, 0.25) is 0 Å². The lowest BCUT2D eigenvalue weighted by molar-refractivity contribution is 0.542. The van der Waals surface area contributed by atoms with Crippen molar-refractivity contribution in [2.75, 3.05) is 0 Å². The van der Waals surface area contributed by atoms with E-state index < -0.39 is 0 Å². The summed E-state index contributed by atoms with van der Waals surface area (Å²) in [5.41, 5.74) is 0. The molecule has 0 aliphatic rings. The standard InChI is InChI=1S/C13H16S/c1-9(2)10(3)13-8-11-6-4-5-7-12(11)14-13/h4-10H,1-3H3. The normalized spacial score (nSPS) is 13.7. The summed E-state index contributed by atoms with van der Waals surface area (Å²) in [4.78, 5) is 1.52. The Balaban J connectivity index is 2.45. The molecule has 0 N–H and O–H groups in total. The van der Waals surface area contributed by atoms with Gasteiger partial charge >= 0.3 is 0 Å². The summed E-state index contributed by atoms with van der Waals surface area (Å²) in [5.74, 6) is 1.40. The molecule has 0 radical (unpaired) electrons. The van der Waals surface area contributed by atoms with E-state index in [9.17, 15) is 0 Å². The quantitative estimate of drug-likeness (QED) is 0.667. The van der Waals surface area contributed by atoms with Gasteiger partial charge in [-0.3, -0.25) is 0 Å². The minimum Gasteiger partial charge on any atom is -0.140 e. The molecule has 2 aromatic rings. The maximum atomic E-state index is 2.34. The van der Waals surface area contributed by atoms with Crippen LogP contribution in [0.25, 0.3) is 10.1 Å². The van der Waals surface area contributed by atoms with Crippen LogP contribution < -0.4 is 0 Å². The highest BCUT2D eigenvalue weighted by molar-refractivity contribution is 7.19. The first kappa shape index (κ1) is 9.72. The lowest BCUT2D eigenvalue weighted by Gasteiger charge is -2.12. The van der Waals surface area contributed by atoms with Crippen LogP contribution in [0.5, 0.6) is 0 Å². The second-order valence-electron chi connectivity index (χ2n) is 4.22. The van der Waals surface area contributed by atoms with Gasteiger partial charge in [0, 0.05) is 9.58 Å². The number of rotatable bonds is 2. The van der Waals surface area contributed by atoms with Crippen molar-refractivity contribution in [3.63, 3.8) is 0 Å². The van der Waals surface area contributed by atoms with E-state index in [-0.39, 0.29) is 0 Å². The number of hydrogen-bond acceptors (Lipinski definition) is 1. The van der Waals surface area contributed by atoms with Crippen LogP contribution in [0, 0.1) is 5.92 Å². The SMILES string of the molecule is CC(C)C(C)c1cc2ccccc2s1. The van der Waals surface area contributed by atoms with Gasteiger partial charge in [-0.15, -0.1) is 11.3 Å². The van der Waals surface area contributed by atoms with Gasteiger partial charge in [-0.1, -0.05) is 39.0 Å². The van der Waals surface area contributed by atoms with Gasteiger partial charge in [0.15, 0.2) is 0 Å². The fourth-order valence-electron chi connectivity index (χ4n) is 1.56. The molecule has 0 bridgehead atoms. The number of thiophene rings is 1. The zero-order valence-corrected chi connectivity index (χ0v) is 9.77. The van der Waals surface area contributed by atoms with Crippen molar-refractivity contribution >= 4 is 21.4 Å². The van der Waals surface area contributed by atoms with Crippen LogP contribution in [0.15, 0.2) is 30.3 Å². The van der Waals surface area contributed by atoms with Crippen LogP contribution in [0.1, 0.15) is 31.6 Å². The highest BCUT2D eigenvalue weighted by Gasteiger charge is 2.12. The average Bonchev–Trinajstić information content (AvgIpc) is 2.59. The molecule has 1 aromatic carbocycles. The van der Waals surface area contributed by atoms with Crippen molar-refractivity contribution < 1.29 is 0 Å². The molecule has 0 saturated heterocycles. The van der Waals surface area contributed by atoms with E-state index >= 15 is 0 Å². The smallest absolute Gasteiger partial charge is 0.0345 e. The third-order valence-electron chi connectivity index (χ3n) is 2.89. The van der Waals surface area contributed by atoms with E-state index in [2.05, 4.69) is 51.1 Å². The maximum Gasteiger partial charge on any atom is 0.0345 e. The Kier molecular flexibility index (Phi) is 2.60. The third-order valence-corrected chi connectivity index (χ3v) is 4.21. The summed E-state index contributed by atoms with van der Waals surface area (Å²) < 4.78 is 1.41. The summed E-state index contributed by atoms with van der Waals surface area (Å²) in [6.45, 7) is 6.89. The molecule has 74 valence electrons. The van der Waals surface area contributed by atoms with Crippen molar-refractivity contribution in [3.8, 4) is 0 Å². The second kappa shape index (κ2) is 3.74. The van der Waals surface area contributed by atoms with Gasteiger partial charge < -0.3 is 0 Å². The molecule has 1 atom stereocenters. The molecule has 0 nitrogen and oxygen atoms in total. The maximum absolute atomic E-state index is 2.34. The Labute approximate surface area is 89.6 Å². The summed E-state index contributed by atoms with van der Waals surface area (Å²) in [6.07, 6.45) is 0. The predicted molar refractivity (Wildman–Crippen MR) is 65.1 cm³/mol. The topological polar surface area (TPSA) is 0 Å². The zero-order chi connectivity index (χ0) is 10.1. The molecule has 2 rings (SSSR count). The molecule has 1 unspecified atom stereocenters. The Hall–Kier alpha value is -0.820. The molecule has 0 amide bonds. The Morgan fingerprint density at radius 3 is 2.43 bits per heavy atom. The van der Waals surface area contributed by atoms with Gasteiger partial charge in [0.2, 0.25) is 0 Å². The second-order valence-corrected chi connectivity index (χ2v) is 5.33. The molecular formula is C13H16S. The molecule has 1 aromatic heterocycles. The van der Waals surface area contributed by atoms with E-state index in [1.807, 2.05) is 11.3 Å². The van der Waals surface area contributed by atoms with Crippen LogP contribution >= 0.6 is 11.3 Å². The first-order valence-corrected chi connectivity index (χ1v) is 5.98. The lowest BCUT2D eigenvalue weighted by atomic mass is 9.96. The monoisotopic (exact) mass is 204 g/mol. The van der Waals surface area contributed by atoms with Crippen LogP contribution in [0.4, 0.5) is 0 Å². The number of fused-ring (bicyclic) bond motifs is 1. The van der Waals surface area contributed by atoms with E-state index in [1.54, 1.807) is 0 Å². The van der Waals surface area contributed by atoms with Gasteiger partial charge in [0.05, 0.1) is 0 Å². The summed E-state index contributed by atoms with van der Waals surface area (Å²) in [7, 11) is 0. The third kappa shape index (κ3) is 1.69.